The van der Waals surface area contributed by atoms with Gasteiger partial charge >= 0.3 is 0 Å². The lowest BCUT2D eigenvalue weighted by Crippen LogP contribution is -2.50. The maximum atomic E-state index is 12.9. The predicted octanol–water partition coefficient (Wildman–Crippen LogP) is 2.39. The first-order valence-electron chi connectivity index (χ1n) is 8.76. The number of rotatable bonds is 3. The quantitative estimate of drug-likeness (QED) is 0.905. The van der Waals surface area contributed by atoms with Crippen molar-refractivity contribution in [2.24, 2.45) is 0 Å². The van der Waals surface area contributed by atoms with E-state index in [2.05, 4.69) is 15.3 Å². The van der Waals surface area contributed by atoms with Crippen LogP contribution in [0.2, 0.25) is 0 Å². The normalized spacial score (nSPS) is 25.6. The fraction of sp³-hybridized carbons (Fsp3) is 0.500. The molecule has 7 nitrogen and oxygen atoms in total. The van der Waals surface area contributed by atoms with E-state index in [0.29, 0.717) is 37.0 Å². The van der Waals surface area contributed by atoms with Crippen molar-refractivity contribution in [3.63, 3.8) is 0 Å². The van der Waals surface area contributed by atoms with E-state index >= 15 is 0 Å². The molecule has 2 aromatic rings. The largest absolute Gasteiger partial charge is 0.469 e. The molecule has 4 rings (SSSR count). The van der Waals surface area contributed by atoms with Gasteiger partial charge in [0.15, 0.2) is 5.82 Å². The number of hydrogen-bond acceptors (Lipinski definition) is 6. The molecular formula is C18H21FN4O3. The molecule has 0 aliphatic carbocycles. The van der Waals surface area contributed by atoms with Crippen LogP contribution in [0.4, 0.5) is 10.3 Å². The van der Waals surface area contributed by atoms with Crippen LogP contribution < -0.4 is 5.32 Å². The number of ether oxygens (including phenoxy) is 1. The highest BCUT2D eigenvalue weighted by Gasteiger charge is 2.45. The van der Waals surface area contributed by atoms with E-state index in [1.165, 1.54) is 6.26 Å². The maximum Gasteiger partial charge on any atom is 0.257 e. The second-order valence-electron chi connectivity index (χ2n) is 6.99. The second-order valence-corrected chi connectivity index (χ2v) is 6.99. The topological polar surface area (TPSA) is 80.5 Å². The van der Waals surface area contributed by atoms with Gasteiger partial charge in [-0.2, -0.15) is 0 Å². The van der Waals surface area contributed by atoms with Gasteiger partial charge in [0.1, 0.15) is 5.76 Å². The van der Waals surface area contributed by atoms with Crippen LogP contribution in [0.15, 0.2) is 29.1 Å². The molecule has 2 atom stereocenters. The third kappa shape index (κ3) is 3.29. The summed E-state index contributed by atoms with van der Waals surface area (Å²) in [7, 11) is 0. The summed E-state index contributed by atoms with van der Waals surface area (Å²) in [5.74, 6) is 0.535. The molecule has 26 heavy (non-hydrogen) atoms. The first kappa shape index (κ1) is 17.0. The first-order chi connectivity index (χ1) is 12.5. The summed E-state index contributed by atoms with van der Waals surface area (Å²) < 4.78 is 24.3. The lowest BCUT2D eigenvalue weighted by molar-refractivity contribution is -0.0447. The van der Waals surface area contributed by atoms with E-state index in [4.69, 9.17) is 9.15 Å². The molecule has 0 saturated carbocycles. The van der Waals surface area contributed by atoms with Crippen LogP contribution in [0.5, 0.6) is 0 Å². The van der Waals surface area contributed by atoms with Crippen LogP contribution >= 0.6 is 0 Å². The van der Waals surface area contributed by atoms with Crippen LogP contribution in [-0.4, -0.2) is 52.1 Å². The number of nitrogens with zero attached hydrogens (tertiary/aromatic N) is 3. The predicted molar refractivity (Wildman–Crippen MR) is 91.3 cm³/mol. The Bertz CT molecular complexity index is 794. The van der Waals surface area contributed by atoms with Gasteiger partial charge in [0.05, 0.1) is 49.0 Å². The molecule has 0 radical (unpaired) electrons. The molecule has 1 spiro atoms. The van der Waals surface area contributed by atoms with Crippen molar-refractivity contribution < 1.29 is 18.3 Å². The minimum absolute atomic E-state index is 0.0165. The molecule has 2 saturated heterocycles. The smallest absolute Gasteiger partial charge is 0.257 e. The van der Waals surface area contributed by atoms with E-state index in [1.54, 1.807) is 13.0 Å². The molecule has 0 bridgehead atoms. The molecule has 2 aliphatic rings. The average Bonchev–Trinajstić information content (AvgIpc) is 3.23. The summed E-state index contributed by atoms with van der Waals surface area (Å²) in [6, 6.07) is 1.75. The third-order valence-electron chi connectivity index (χ3n) is 5.08. The molecule has 1 N–H and O–H groups in total. The minimum Gasteiger partial charge on any atom is -0.469 e. The zero-order valence-electron chi connectivity index (χ0n) is 14.6. The molecule has 4 heterocycles. The SMILES string of the molecule is Cc1occc1C(=O)N1CCC[C@@]2(C[C@@H](Nc3ncc(F)cn3)CO2)C1. The van der Waals surface area contributed by atoms with Crippen molar-refractivity contribution in [3.8, 4) is 0 Å². The van der Waals surface area contributed by atoms with E-state index in [0.717, 1.165) is 31.7 Å². The van der Waals surface area contributed by atoms with Gasteiger partial charge in [-0.15, -0.1) is 0 Å². The van der Waals surface area contributed by atoms with Crippen LogP contribution in [0.25, 0.3) is 0 Å². The number of carbonyl (C=O) groups excluding carboxylic acids is 1. The van der Waals surface area contributed by atoms with Gasteiger partial charge in [0.2, 0.25) is 5.95 Å². The number of carbonyl (C=O) groups is 1. The van der Waals surface area contributed by atoms with E-state index in [-0.39, 0.29) is 17.6 Å². The lowest BCUT2D eigenvalue weighted by atomic mass is 9.88. The fourth-order valence-corrected chi connectivity index (χ4v) is 3.84. The van der Waals surface area contributed by atoms with Crippen molar-refractivity contribution in [3.05, 3.63) is 41.9 Å². The van der Waals surface area contributed by atoms with Crippen molar-refractivity contribution in [1.82, 2.24) is 14.9 Å². The van der Waals surface area contributed by atoms with Gasteiger partial charge < -0.3 is 19.4 Å². The van der Waals surface area contributed by atoms with E-state index < -0.39 is 5.82 Å². The maximum absolute atomic E-state index is 12.9. The molecular weight excluding hydrogens is 339 g/mol. The summed E-state index contributed by atoms with van der Waals surface area (Å²) in [5, 5.41) is 3.19. The highest BCUT2D eigenvalue weighted by molar-refractivity contribution is 5.95. The van der Waals surface area contributed by atoms with Gasteiger partial charge in [-0.25, -0.2) is 14.4 Å². The lowest BCUT2D eigenvalue weighted by Gasteiger charge is -2.39. The van der Waals surface area contributed by atoms with Gasteiger partial charge in [0, 0.05) is 13.0 Å². The molecule has 8 heteroatoms. The van der Waals surface area contributed by atoms with Crippen LogP contribution in [0.3, 0.4) is 0 Å². The van der Waals surface area contributed by atoms with Crippen LogP contribution in [0.1, 0.15) is 35.4 Å². The average molecular weight is 360 g/mol. The van der Waals surface area contributed by atoms with Crippen molar-refractivity contribution in [1.29, 1.82) is 0 Å². The second kappa shape index (κ2) is 6.68. The third-order valence-corrected chi connectivity index (χ3v) is 5.08. The summed E-state index contributed by atoms with van der Waals surface area (Å²) in [4.78, 5) is 22.5. The van der Waals surface area contributed by atoms with Gasteiger partial charge in [-0.1, -0.05) is 0 Å². The number of furan rings is 1. The summed E-state index contributed by atoms with van der Waals surface area (Å²) >= 11 is 0. The number of aromatic nitrogens is 2. The van der Waals surface area contributed by atoms with Crippen molar-refractivity contribution in [2.45, 2.75) is 37.8 Å². The number of aryl methyl sites for hydroxylation is 1. The molecule has 0 aromatic carbocycles. The zero-order valence-corrected chi connectivity index (χ0v) is 14.6. The Morgan fingerprint density at radius 2 is 2.23 bits per heavy atom. The molecule has 138 valence electrons. The summed E-state index contributed by atoms with van der Waals surface area (Å²) in [6.07, 6.45) is 6.36. The standard InChI is InChI=1S/C18H21FN4O3/c1-12-15(3-6-25-12)16(24)23-5-2-4-18(11-23)7-14(10-26-18)22-17-20-8-13(19)9-21-17/h3,6,8-9,14H,2,4-5,7,10-11H2,1H3,(H,20,21,22)/t14-,18-/m1/s1. The van der Waals surface area contributed by atoms with Gasteiger partial charge in [0.25, 0.3) is 5.91 Å². The van der Waals surface area contributed by atoms with Gasteiger partial charge in [-0.3, -0.25) is 4.79 Å². The number of halogens is 1. The summed E-state index contributed by atoms with van der Waals surface area (Å²) in [5.41, 5.74) is 0.248. The Morgan fingerprint density at radius 1 is 1.42 bits per heavy atom. The number of anilines is 1. The number of likely N-dealkylation sites (tertiary alicyclic amines) is 1. The Labute approximate surface area is 150 Å². The molecule has 2 aliphatic heterocycles. The Kier molecular flexibility index (Phi) is 4.36. The monoisotopic (exact) mass is 360 g/mol. The zero-order chi connectivity index (χ0) is 18.1. The number of piperidine rings is 1. The first-order valence-corrected chi connectivity index (χ1v) is 8.76. The highest BCUT2D eigenvalue weighted by atomic mass is 19.1. The Hall–Kier alpha value is -2.48. The van der Waals surface area contributed by atoms with Crippen LogP contribution in [-0.2, 0) is 4.74 Å². The minimum atomic E-state index is -0.467. The highest BCUT2D eigenvalue weighted by Crippen LogP contribution is 2.36. The molecule has 0 unspecified atom stereocenters. The van der Waals surface area contributed by atoms with E-state index in [1.807, 2.05) is 4.90 Å². The van der Waals surface area contributed by atoms with Crippen molar-refractivity contribution in [2.75, 3.05) is 25.0 Å². The molecule has 2 fully saturated rings. The number of hydrogen-bond donors (Lipinski definition) is 1. The summed E-state index contributed by atoms with van der Waals surface area (Å²) in [6.45, 7) is 3.57. The number of amides is 1. The molecule has 2 aromatic heterocycles. The molecule has 1 amide bonds. The van der Waals surface area contributed by atoms with E-state index in [9.17, 15) is 9.18 Å². The fourth-order valence-electron chi connectivity index (χ4n) is 3.84. The van der Waals surface area contributed by atoms with Crippen LogP contribution in [0, 0.1) is 12.7 Å². The van der Waals surface area contributed by atoms with Gasteiger partial charge in [-0.05, 0) is 25.8 Å². The van der Waals surface area contributed by atoms with Crippen molar-refractivity contribution >= 4 is 11.9 Å². The Morgan fingerprint density at radius 3 is 2.96 bits per heavy atom. The Balaban J connectivity index is 1.41. The number of nitrogens with one attached hydrogen (secondary N) is 1.